The number of hydrogen-bond acceptors (Lipinski definition) is 3. The molecule has 0 bridgehead atoms. The molecule has 0 atom stereocenters. The quantitative estimate of drug-likeness (QED) is 0.242. The molecular formula is C25H29NO3. The highest BCUT2D eigenvalue weighted by Gasteiger charge is 2.09. The highest BCUT2D eigenvalue weighted by Crippen LogP contribution is 2.23. The van der Waals surface area contributed by atoms with E-state index in [0.717, 1.165) is 36.1 Å². The van der Waals surface area contributed by atoms with Crippen molar-refractivity contribution in [2.45, 2.75) is 26.2 Å². The van der Waals surface area contributed by atoms with E-state index in [1.165, 1.54) is 4.90 Å². The molecule has 0 radical (unpaired) electrons. The molecule has 152 valence electrons. The van der Waals surface area contributed by atoms with Crippen molar-refractivity contribution in [2.24, 2.45) is 0 Å². The van der Waals surface area contributed by atoms with Crippen molar-refractivity contribution in [3.05, 3.63) is 83.4 Å². The summed E-state index contributed by atoms with van der Waals surface area (Å²) in [4.78, 5) is 26.1. The Balaban J connectivity index is 2.19. The molecule has 29 heavy (non-hydrogen) atoms. The van der Waals surface area contributed by atoms with Gasteiger partial charge in [0.15, 0.2) is 5.78 Å². The Kier molecular flexibility index (Phi) is 8.41. The zero-order chi connectivity index (χ0) is 21.2. The van der Waals surface area contributed by atoms with Gasteiger partial charge >= 0.3 is 0 Å². The van der Waals surface area contributed by atoms with Gasteiger partial charge in [-0.2, -0.15) is 0 Å². The number of amides is 1. The molecule has 2 aromatic carbocycles. The average Bonchev–Trinajstić information content (AvgIpc) is 2.73. The summed E-state index contributed by atoms with van der Waals surface area (Å²) in [7, 11) is 3.40. The maximum Gasteiger partial charge on any atom is 0.253 e. The normalized spacial score (nSPS) is 10.7. The zero-order valence-electron chi connectivity index (χ0n) is 17.5. The first-order valence-electron chi connectivity index (χ1n) is 9.87. The number of hydrogen-bond donors (Lipinski definition) is 0. The summed E-state index contributed by atoms with van der Waals surface area (Å²) in [6, 6.07) is 12.7. The molecule has 1 amide bonds. The summed E-state index contributed by atoms with van der Waals surface area (Å²) in [5, 5.41) is 0. The van der Waals surface area contributed by atoms with Crippen LogP contribution in [0.25, 0.3) is 6.08 Å². The second-order valence-electron chi connectivity index (χ2n) is 7.04. The molecule has 2 rings (SSSR count). The van der Waals surface area contributed by atoms with Crippen molar-refractivity contribution in [1.82, 2.24) is 4.90 Å². The van der Waals surface area contributed by atoms with Crippen molar-refractivity contribution < 1.29 is 14.3 Å². The van der Waals surface area contributed by atoms with Crippen molar-refractivity contribution in [2.75, 3.05) is 20.7 Å². The summed E-state index contributed by atoms with van der Waals surface area (Å²) in [5.74, 6) is 0.553. The maximum absolute atomic E-state index is 12.6. The molecule has 0 N–H and O–H groups in total. The second kappa shape index (κ2) is 11.0. The monoisotopic (exact) mass is 391 g/mol. The first kappa shape index (κ1) is 22.2. The van der Waals surface area contributed by atoms with Crippen LogP contribution in [0.2, 0.25) is 0 Å². The van der Waals surface area contributed by atoms with Crippen LogP contribution in [0.3, 0.4) is 0 Å². The van der Waals surface area contributed by atoms with Crippen LogP contribution in [0.5, 0.6) is 5.75 Å². The van der Waals surface area contributed by atoms with Crippen LogP contribution in [-0.4, -0.2) is 37.3 Å². The summed E-state index contributed by atoms with van der Waals surface area (Å²) >= 11 is 0. The van der Waals surface area contributed by atoms with Crippen molar-refractivity contribution in [3.63, 3.8) is 0 Å². The predicted octanol–water partition coefficient (Wildman–Crippen LogP) is 5.19. The Morgan fingerprint density at radius 1 is 1.07 bits per heavy atom. The van der Waals surface area contributed by atoms with E-state index in [9.17, 15) is 9.59 Å². The Morgan fingerprint density at radius 3 is 2.38 bits per heavy atom. The molecule has 0 fully saturated rings. The highest BCUT2D eigenvalue weighted by atomic mass is 16.5. The van der Waals surface area contributed by atoms with Crippen LogP contribution < -0.4 is 4.74 Å². The van der Waals surface area contributed by atoms with E-state index in [1.807, 2.05) is 24.3 Å². The van der Waals surface area contributed by atoms with Gasteiger partial charge in [-0.3, -0.25) is 9.59 Å². The van der Waals surface area contributed by atoms with Crippen molar-refractivity contribution >= 4 is 17.8 Å². The standard InChI is InChI=1S/C25H29NO3/c1-5-7-17-29-24-16-9-19(8-6-2)18-22(24)14-15-23(27)20-10-12-21(13-11-20)25(28)26(3)4/h6,9-16,18H,2,5,7-8,17H2,1,3-4H3. The van der Waals surface area contributed by atoms with Gasteiger partial charge in [-0.05, 0) is 54.8 Å². The van der Waals surface area contributed by atoms with Gasteiger partial charge in [0.1, 0.15) is 5.75 Å². The predicted molar refractivity (Wildman–Crippen MR) is 119 cm³/mol. The molecule has 0 saturated heterocycles. The van der Waals surface area contributed by atoms with Crippen molar-refractivity contribution in [3.8, 4) is 5.75 Å². The van der Waals surface area contributed by atoms with Gasteiger partial charge in [0.2, 0.25) is 0 Å². The molecule has 0 aliphatic heterocycles. The zero-order valence-corrected chi connectivity index (χ0v) is 17.5. The third-order valence-corrected chi connectivity index (χ3v) is 4.45. The fraction of sp³-hybridized carbons (Fsp3) is 0.280. The number of unbranched alkanes of at least 4 members (excludes halogenated alkanes) is 1. The molecule has 0 spiro atoms. The van der Waals surface area contributed by atoms with E-state index in [0.29, 0.717) is 17.7 Å². The lowest BCUT2D eigenvalue weighted by Gasteiger charge is -2.11. The van der Waals surface area contributed by atoms with Crippen LogP contribution in [0.1, 0.15) is 51.6 Å². The van der Waals surface area contributed by atoms with E-state index in [4.69, 9.17) is 4.74 Å². The van der Waals surface area contributed by atoms with Gasteiger partial charge in [-0.15, -0.1) is 6.58 Å². The molecule has 0 unspecified atom stereocenters. The van der Waals surface area contributed by atoms with Gasteiger partial charge in [0.05, 0.1) is 6.61 Å². The fourth-order valence-electron chi connectivity index (χ4n) is 2.78. The smallest absolute Gasteiger partial charge is 0.253 e. The molecule has 0 aromatic heterocycles. The molecule has 0 heterocycles. The minimum Gasteiger partial charge on any atom is -0.493 e. The number of carbonyl (C=O) groups excluding carboxylic acids is 2. The number of ether oxygens (including phenoxy) is 1. The van der Waals surface area contributed by atoms with Gasteiger partial charge in [-0.25, -0.2) is 0 Å². The molecule has 0 aliphatic carbocycles. The van der Waals surface area contributed by atoms with Gasteiger partial charge in [-0.1, -0.05) is 37.6 Å². The van der Waals surface area contributed by atoms with E-state index >= 15 is 0 Å². The van der Waals surface area contributed by atoms with E-state index in [1.54, 1.807) is 50.5 Å². The minimum absolute atomic E-state index is 0.0903. The number of ketones is 1. The lowest BCUT2D eigenvalue weighted by Crippen LogP contribution is -2.21. The minimum atomic E-state index is -0.123. The number of nitrogens with zero attached hydrogens (tertiary/aromatic N) is 1. The Morgan fingerprint density at radius 2 is 1.76 bits per heavy atom. The van der Waals surface area contributed by atoms with Crippen molar-refractivity contribution in [1.29, 1.82) is 0 Å². The molecule has 0 aliphatic rings. The average molecular weight is 392 g/mol. The molecule has 0 saturated carbocycles. The van der Waals surface area contributed by atoms with Crippen LogP contribution in [0, 0.1) is 0 Å². The van der Waals surface area contributed by atoms with Gasteiger partial charge in [0.25, 0.3) is 5.91 Å². The molecule has 2 aromatic rings. The van der Waals surface area contributed by atoms with E-state index < -0.39 is 0 Å². The van der Waals surface area contributed by atoms with Crippen LogP contribution in [0.15, 0.2) is 61.2 Å². The fourth-order valence-corrected chi connectivity index (χ4v) is 2.78. The van der Waals surface area contributed by atoms with Gasteiger partial charge < -0.3 is 9.64 Å². The molecule has 4 nitrogen and oxygen atoms in total. The van der Waals surface area contributed by atoms with E-state index in [2.05, 4.69) is 13.5 Å². The van der Waals surface area contributed by atoms with Crippen LogP contribution in [-0.2, 0) is 6.42 Å². The first-order chi connectivity index (χ1) is 14.0. The first-order valence-corrected chi connectivity index (χ1v) is 9.87. The summed E-state index contributed by atoms with van der Waals surface area (Å²) in [6.45, 7) is 6.55. The van der Waals surface area contributed by atoms with Crippen LogP contribution >= 0.6 is 0 Å². The highest BCUT2D eigenvalue weighted by molar-refractivity contribution is 6.07. The lowest BCUT2D eigenvalue weighted by atomic mass is 10.0. The number of benzene rings is 2. The maximum atomic E-state index is 12.6. The number of carbonyl (C=O) groups is 2. The Hall–Kier alpha value is -3.14. The summed E-state index contributed by atoms with van der Waals surface area (Å²) in [5.41, 5.74) is 3.07. The summed E-state index contributed by atoms with van der Waals surface area (Å²) < 4.78 is 5.88. The molecular weight excluding hydrogens is 362 g/mol. The third kappa shape index (κ3) is 6.46. The number of allylic oxidation sites excluding steroid dienone is 2. The Labute approximate surface area is 173 Å². The number of rotatable bonds is 10. The molecule has 4 heteroatoms. The lowest BCUT2D eigenvalue weighted by molar-refractivity contribution is 0.0827. The SMILES string of the molecule is C=CCc1ccc(OCCCC)c(C=CC(=O)c2ccc(C(=O)N(C)C)cc2)c1. The van der Waals surface area contributed by atoms with E-state index in [-0.39, 0.29) is 11.7 Å². The van der Waals surface area contributed by atoms with Crippen LogP contribution in [0.4, 0.5) is 0 Å². The Bertz CT molecular complexity index is 879. The van der Waals surface area contributed by atoms with Gasteiger partial charge in [0, 0.05) is 30.8 Å². The second-order valence-corrected chi connectivity index (χ2v) is 7.04. The third-order valence-electron chi connectivity index (χ3n) is 4.45. The largest absolute Gasteiger partial charge is 0.493 e. The summed E-state index contributed by atoms with van der Waals surface area (Å²) in [6.07, 6.45) is 7.98. The topological polar surface area (TPSA) is 46.6 Å².